The van der Waals surface area contributed by atoms with Gasteiger partial charge < -0.3 is 15.0 Å². The van der Waals surface area contributed by atoms with Gasteiger partial charge in [0.15, 0.2) is 5.96 Å². The van der Waals surface area contributed by atoms with Gasteiger partial charge in [-0.15, -0.1) is 0 Å². The van der Waals surface area contributed by atoms with Crippen LogP contribution in [-0.2, 0) is 11.3 Å². The zero-order valence-corrected chi connectivity index (χ0v) is 13.0. The maximum atomic E-state index is 5.61. The van der Waals surface area contributed by atoms with Crippen LogP contribution in [0.25, 0.3) is 0 Å². The third-order valence-electron chi connectivity index (χ3n) is 4.59. The minimum absolute atomic E-state index is 0.363. The molecule has 2 fully saturated rings. The molecule has 0 bridgehead atoms. The van der Waals surface area contributed by atoms with Crippen LogP contribution in [0, 0.1) is 12.3 Å². The van der Waals surface area contributed by atoms with Gasteiger partial charge in [-0.25, -0.2) is 4.99 Å². The highest BCUT2D eigenvalue weighted by Gasteiger charge is 2.42. The van der Waals surface area contributed by atoms with E-state index in [1.54, 1.807) is 0 Å². The zero-order chi connectivity index (χ0) is 14.7. The van der Waals surface area contributed by atoms with Gasteiger partial charge in [0.25, 0.3) is 0 Å². The van der Waals surface area contributed by atoms with Gasteiger partial charge in [0.2, 0.25) is 0 Å². The van der Waals surface area contributed by atoms with E-state index in [4.69, 9.17) is 9.73 Å². The summed E-state index contributed by atoms with van der Waals surface area (Å²) in [7, 11) is 0. The topological polar surface area (TPSA) is 65.5 Å². The highest BCUT2D eigenvalue weighted by Crippen LogP contribution is 2.38. The van der Waals surface area contributed by atoms with E-state index in [0.717, 1.165) is 50.1 Å². The summed E-state index contributed by atoms with van der Waals surface area (Å²) in [6, 6.07) is 0. The van der Waals surface area contributed by atoms with Crippen LogP contribution in [0.5, 0.6) is 0 Å². The van der Waals surface area contributed by atoms with E-state index in [-0.39, 0.29) is 0 Å². The lowest BCUT2D eigenvalue weighted by Crippen LogP contribution is -2.41. The summed E-state index contributed by atoms with van der Waals surface area (Å²) >= 11 is 0. The van der Waals surface area contributed by atoms with Crippen molar-refractivity contribution in [3.8, 4) is 0 Å². The Balaban J connectivity index is 1.68. The van der Waals surface area contributed by atoms with E-state index in [1.807, 2.05) is 13.1 Å². The second-order valence-electron chi connectivity index (χ2n) is 6.16. The molecule has 2 aliphatic rings. The van der Waals surface area contributed by atoms with Crippen LogP contribution in [0.3, 0.4) is 0 Å². The number of ether oxygens (including phenoxy) is 1. The number of H-pyrrole nitrogens is 1. The Kier molecular flexibility index (Phi) is 4.14. The van der Waals surface area contributed by atoms with E-state index in [0.29, 0.717) is 12.0 Å². The van der Waals surface area contributed by atoms with Gasteiger partial charge in [-0.3, -0.25) is 5.10 Å². The largest absolute Gasteiger partial charge is 0.381 e. The molecule has 116 valence electrons. The Bertz CT molecular complexity index is 504. The number of hydrogen-bond acceptors (Lipinski definition) is 3. The highest BCUT2D eigenvalue weighted by molar-refractivity contribution is 5.80. The molecule has 3 rings (SSSR count). The van der Waals surface area contributed by atoms with Gasteiger partial charge in [0.05, 0.1) is 19.3 Å². The molecule has 2 N–H and O–H groups in total. The standard InChI is InChI=1S/C15H25N5O/c1-3-16-14(17-8-13-9-18-19-12(13)2)20-6-4-15(10-20)5-7-21-11-15/h9H,3-8,10-11H2,1-2H3,(H,16,17)(H,18,19). The number of hydrogen-bond donors (Lipinski definition) is 2. The Morgan fingerprint density at radius 2 is 2.48 bits per heavy atom. The number of aromatic nitrogens is 2. The molecule has 3 heterocycles. The third kappa shape index (κ3) is 3.05. The SMILES string of the molecule is CCNC(=NCc1cn[nH]c1C)N1CCC2(CCOC2)C1. The molecule has 6 heteroatoms. The Labute approximate surface area is 126 Å². The van der Waals surface area contributed by atoms with E-state index in [1.165, 1.54) is 12.8 Å². The second-order valence-corrected chi connectivity index (χ2v) is 6.16. The minimum atomic E-state index is 0.363. The van der Waals surface area contributed by atoms with Gasteiger partial charge in [-0.2, -0.15) is 5.10 Å². The van der Waals surface area contributed by atoms with E-state index in [2.05, 4.69) is 27.3 Å². The van der Waals surface area contributed by atoms with E-state index in [9.17, 15) is 0 Å². The molecular weight excluding hydrogens is 266 g/mol. The average molecular weight is 291 g/mol. The van der Waals surface area contributed by atoms with Crippen molar-refractivity contribution >= 4 is 5.96 Å². The highest BCUT2D eigenvalue weighted by atomic mass is 16.5. The summed E-state index contributed by atoms with van der Waals surface area (Å²) in [6.07, 6.45) is 4.25. The monoisotopic (exact) mass is 291 g/mol. The first kappa shape index (κ1) is 14.4. The van der Waals surface area contributed by atoms with Gasteiger partial charge >= 0.3 is 0 Å². The number of nitrogens with zero attached hydrogens (tertiary/aromatic N) is 3. The van der Waals surface area contributed by atoms with Crippen LogP contribution in [0.4, 0.5) is 0 Å². The normalized spacial score (nSPS) is 26.0. The van der Waals surface area contributed by atoms with Gasteiger partial charge in [0.1, 0.15) is 0 Å². The molecule has 21 heavy (non-hydrogen) atoms. The summed E-state index contributed by atoms with van der Waals surface area (Å²) in [6.45, 7) is 9.66. The van der Waals surface area contributed by atoms with Crippen molar-refractivity contribution in [2.75, 3.05) is 32.8 Å². The quantitative estimate of drug-likeness (QED) is 0.651. The van der Waals surface area contributed by atoms with E-state index < -0.39 is 0 Å². The summed E-state index contributed by atoms with van der Waals surface area (Å²) in [5, 5.41) is 10.4. The molecule has 1 aromatic heterocycles. The Morgan fingerprint density at radius 3 is 3.14 bits per heavy atom. The van der Waals surface area contributed by atoms with E-state index >= 15 is 0 Å². The summed E-state index contributed by atoms with van der Waals surface area (Å²) < 4.78 is 5.61. The fourth-order valence-electron chi connectivity index (χ4n) is 3.21. The lowest BCUT2D eigenvalue weighted by molar-refractivity contribution is 0.156. The maximum Gasteiger partial charge on any atom is 0.194 e. The van der Waals surface area contributed by atoms with Crippen molar-refractivity contribution < 1.29 is 4.74 Å². The van der Waals surface area contributed by atoms with Gasteiger partial charge in [-0.05, 0) is 26.7 Å². The molecule has 0 radical (unpaired) electrons. The fraction of sp³-hybridized carbons (Fsp3) is 0.733. The summed E-state index contributed by atoms with van der Waals surface area (Å²) in [5.74, 6) is 1.02. The van der Waals surface area contributed by atoms with Gasteiger partial charge in [0, 0.05) is 42.9 Å². The Hall–Kier alpha value is -1.56. The van der Waals surface area contributed by atoms with Crippen LogP contribution in [0.1, 0.15) is 31.0 Å². The predicted octanol–water partition coefficient (Wildman–Crippen LogP) is 1.30. The van der Waals surface area contributed by atoms with Crippen molar-refractivity contribution in [1.82, 2.24) is 20.4 Å². The fourth-order valence-corrected chi connectivity index (χ4v) is 3.21. The molecular formula is C15H25N5O. The molecule has 2 saturated heterocycles. The number of likely N-dealkylation sites (tertiary alicyclic amines) is 1. The summed E-state index contributed by atoms with van der Waals surface area (Å²) in [5.41, 5.74) is 2.61. The lowest BCUT2D eigenvalue weighted by Gasteiger charge is -2.24. The van der Waals surface area contributed by atoms with Crippen molar-refractivity contribution in [3.05, 3.63) is 17.5 Å². The van der Waals surface area contributed by atoms with Crippen LogP contribution >= 0.6 is 0 Å². The van der Waals surface area contributed by atoms with Crippen molar-refractivity contribution in [1.29, 1.82) is 0 Å². The first-order chi connectivity index (χ1) is 10.2. The van der Waals surface area contributed by atoms with Crippen LogP contribution in [0.2, 0.25) is 0 Å². The molecule has 1 atom stereocenters. The number of nitrogens with one attached hydrogen (secondary N) is 2. The van der Waals surface area contributed by atoms with Crippen LogP contribution in [0.15, 0.2) is 11.2 Å². The molecule has 0 saturated carbocycles. The zero-order valence-electron chi connectivity index (χ0n) is 13.0. The van der Waals surface area contributed by atoms with Gasteiger partial charge in [-0.1, -0.05) is 0 Å². The number of aromatic amines is 1. The number of rotatable bonds is 3. The average Bonchev–Trinajstić information content (AvgIpc) is 3.19. The van der Waals surface area contributed by atoms with Crippen molar-refractivity contribution in [2.45, 2.75) is 33.2 Å². The number of aliphatic imine (C=N–C) groups is 1. The molecule has 1 aromatic rings. The van der Waals surface area contributed by atoms with Crippen LogP contribution < -0.4 is 5.32 Å². The molecule has 0 amide bonds. The molecule has 1 unspecified atom stereocenters. The second kappa shape index (κ2) is 6.05. The van der Waals surface area contributed by atoms with Crippen molar-refractivity contribution in [3.63, 3.8) is 0 Å². The molecule has 0 aromatic carbocycles. The third-order valence-corrected chi connectivity index (χ3v) is 4.59. The number of aryl methyl sites for hydroxylation is 1. The Morgan fingerprint density at radius 1 is 1.57 bits per heavy atom. The molecule has 2 aliphatic heterocycles. The lowest BCUT2D eigenvalue weighted by atomic mass is 9.87. The molecule has 1 spiro atoms. The number of guanidine groups is 1. The van der Waals surface area contributed by atoms with Crippen molar-refractivity contribution in [2.24, 2.45) is 10.4 Å². The minimum Gasteiger partial charge on any atom is -0.381 e. The molecule has 0 aliphatic carbocycles. The first-order valence-corrected chi connectivity index (χ1v) is 7.82. The molecule has 6 nitrogen and oxygen atoms in total. The van der Waals surface area contributed by atoms with Crippen LogP contribution in [-0.4, -0.2) is 53.9 Å². The summed E-state index contributed by atoms with van der Waals surface area (Å²) in [4.78, 5) is 7.17. The first-order valence-electron chi connectivity index (χ1n) is 7.82. The smallest absolute Gasteiger partial charge is 0.194 e. The predicted molar refractivity (Wildman–Crippen MR) is 82.2 cm³/mol. The maximum absolute atomic E-state index is 5.61.